The molecule has 4 aliphatic rings. The van der Waals surface area contributed by atoms with E-state index in [2.05, 4.69) is 59.7 Å². The van der Waals surface area contributed by atoms with Gasteiger partial charge in [0.05, 0.1) is 11.2 Å². The molecule has 0 bridgehead atoms. The summed E-state index contributed by atoms with van der Waals surface area (Å²) in [5, 5.41) is 0. The van der Waals surface area contributed by atoms with E-state index >= 15 is 0 Å². The lowest BCUT2D eigenvalue weighted by Gasteiger charge is -2.50. The molecule has 8 heteroatoms. The Morgan fingerprint density at radius 2 is 1.57 bits per heavy atom. The first-order chi connectivity index (χ1) is 23.1. The van der Waals surface area contributed by atoms with Gasteiger partial charge >= 0.3 is 13.1 Å². The van der Waals surface area contributed by atoms with Crippen LogP contribution in [0.3, 0.4) is 0 Å². The van der Waals surface area contributed by atoms with Crippen molar-refractivity contribution >= 4 is 30.3 Å². The van der Waals surface area contributed by atoms with Crippen molar-refractivity contribution < 1.29 is 27.6 Å². The minimum atomic E-state index is -2.43. The number of alkyl halides is 2. The fraction of sp³-hybridized carbons (Fsp3) is 0.829. The highest BCUT2D eigenvalue weighted by Crippen LogP contribution is 2.61. The van der Waals surface area contributed by atoms with E-state index < -0.39 is 5.92 Å². The monoisotopic (exact) mass is 704 g/mol. The van der Waals surface area contributed by atoms with Crippen LogP contribution in [-0.2, 0) is 25.3 Å². The summed E-state index contributed by atoms with van der Waals surface area (Å²) in [5.41, 5.74) is 3.68. The summed E-state index contributed by atoms with van der Waals surface area (Å²) in [4.78, 5) is 11.6. The second-order valence-corrected chi connectivity index (χ2v) is 18.0. The number of unbranched alkanes of at least 4 members (excludes halogenated alkanes) is 6. The second-order valence-electron chi connectivity index (χ2n) is 16.7. The Morgan fingerprint density at radius 3 is 2.22 bits per heavy atom. The number of rotatable bonds is 15. The predicted octanol–water partition coefficient (Wildman–Crippen LogP) is 11.1. The predicted molar refractivity (Wildman–Crippen MR) is 202 cm³/mol. The zero-order valence-corrected chi connectivity index (χ0v) is 33.0. The fourth-order valence-corrected chi connectivity index (χ4v) is 9.91. The Morgan fingerprint density at radius 1 is 0.918 bits per heavy atom. The number of benzene rings is 1. The van der Waals surface area contributed by atoms with Crippen molar-refractivity contribution in [1.82, 2.24) is 0 Å². The lowest BCUT2D eigenvalue weighted by atomic mass is 9.55. The maximum atomic E-state index is 12.9. The molecule has 1 saturated heterocycles. The van der Waals surface area contributed by atoms with Crippen molar-refractivity contribution in [3.05, 3.63) is 29.3 Å². The van der Waals surface area contributed by atoms with E-state index in [-0.39, 0.29) is 48.7 Å². The molecule has 0 N–H and O–H groups in total. The average Bonchev–Trinajstić information content (AvgIpc) is 3.49. The first-order valence-electron chi connectivity index (χ1n) is 19.7. The number of aryl methyl sites for hydroxylation is 1. The molecule has 2 saturated carbocycles. The van der Waals surface area contributed by atoms with Crippen LogP contribution in [0.5, 0.6) is 0 Å². The highest BCUT2D eigenvalue weighted by molar-refractivity contribution is 7.99. The lowest BCUT2D eigenvalue weighted by Crippen LogP contribution is -2.45. The van der Waals surface area contributed by atoms with Crippen LogP contribution in [0.2, 0.25) is 0 Å². The van der Waals surface area contributed by atoms with Crippen molar-refractivity contribution in [3.63, 3.8) is 0 Å². The molecule has 1 aromatic carbocycles. The number of thioether (sulfide) groups is 1. The van der Waals surface area contributed by atoms with Crippen LogP contribution in [0.25, 0.3) is 0 Å². The zero-order chi connectivity index (χ0) is 35.9. The normalized spacial score (nSPS) is 28.2. The number of carbonyl (C=O) groups is 1. The minimum Gasteiger partial charge on any atom is -0.462 e. The summed E-state index contributed by atoms with van der Waals surface area (Å²) >= 11 is 1.84. The molecule has 5 unspecified atom stereocenters. The van der Waals surface area contributed by atoms with Gasteiger partial charge in [0.15, 0.2) is 0 Å². The summed E-state index contributed by atoms with van der Waals surface area (Å²) in [6.45, 7) is 16.2. The standard InChI is InChI=1S/C26H37BO4.C15H30F2S/c1-16(28)29-23-12-11-22-21-9-7-17-15-18(27-30-24(2,3)25(4,5)31-27)8-10-19(17)20(21)13-14-26(22,23)6;1-3-5-6-7-8-9-10-13-18-14-11-12-15(16,17)4-2/h8,10,15,20-23H,7,9,11-14H2,1-6H3;3-14H2,1-2H3. The van der Waals surface area contributed by atoms with Crippen molar-refractivity contribution in [3.8, 4) is 0 Å². The number of halogens is 2. The molecule has 4 nitrogen and oxygen atoms in total. The molecule has 0 spiro atoms. The van der Waals surface area contributed by atoms with Gasteiger partial charge in [-0.1, -0.05) is 77.5 Å². The number of hydrogen-bond acceptors (Lipinski definition) is 5. The fourth-order valence-electron chi connectivity index (χ4n) is 8.95. The number of esters is 1. The average molecular weight is 705 g/mol. The van der Waals surface area contributed by atoms with Crippen LogP contribution in [0, 0.1) is 17.3 Å². The van der Waals surface area contributed by atoms with E-state index in [1.54, 1.807) is 13.8 Å². The number of hydrogen-bond donors (Lipinski definition) is 0. The smallest absolute Gasteiger partial charge is 0.462 e. The summed E-state index contributed by atoms with van der Waals surface area (Å²) in [6.07, 6.45) is 17.0. The van der Waals surface area contributed by atoms with E-state index in [4.69, 9.17) is 14.0 Å². The molecule has 1 aromatic rings. The third-order valence-corrected chi connectivity index (χ3v) is 13.9. The molecule has 0 amide bonds. The molecule has 49 heavy (non-hydrogen) atoms. The van der Waals surface area contributed by atoms with Crippen molar-refractivity contribution in [2.75, 3.05) is 11.5 Å². The van der Waals surface area contributed by atoms with Gasteiger partial charge in [0, 0.05) is 25.2 Å². The second kappa shape index (κ2) is 17.6. The molecule has 278 valence electrons. The van der Waals surface area contributed by atoms with E-state index in [0.29, 0.717) is 24.2 Å². The summed E-state index contributed by atoms with van der Waals surface area (Å²) in [5.74, 6) is 1.47. The van der Waals surface area contributed by atoms with Crippen LogP contribution in [0.1, 0.15) is 169 Å². The van der Waals surface area contributed by atoms with Crippen molar-refractivity contribution in [1.29, 1.82) is 0 Å². The Labute approximate surface area is 302 Å². The van der Waals surface area contributed by atoms with Gasteiger partial charge in [0.25, 0.3) is 0 Å². The van der Waals surface area contributed by atoms with Crippen molar-refractivity contribution in [2.45, 2.75) is 187 Å². The minimum absolute atomic E-state index is 0.0184. The van der Waals surface area contributed by atoms with Gasteiger partial charge in [-0.05, 0) is 125 Å². The van der Waals surface area contributed by atoms with Crippen LogP contribution in [0.15, 0.2) is 18.2 Å². The van der Waals surface area contributed by atoms with E-state index in [0.717, 1.165) is 36.2 Å². The van der Waals surface area contributed by atoms with Gasteiger partial charge in [-0.15, -0.1) is 0 Å². The third kappa shape index (κ3) is 10.3. The number of ether oxygens (including phenoxy) is 1. The van der Waals surface area contributed by atoms with Crippen LogP contribution in [-0.4, -0.2) is 47.8 Å². The molecule has 3 fully saturated rings. The highest BCUT2D eigenvalue weighted by atomic mass is 32.2. The Kier molecular flexibility index (Phi) is 14.6. The molecule has 5 rings (SSSR count). The number of carbonyl (C=O) groups excluding carboxylic acids is 1. The summed E-state index contributed by atoms with van der Waals surface area (Å²) < 4.78 is 44.2. The largest absolute Gasteiger partial charge is 0.494 e. The first-order valence-corrected chi connectivity index (χ1v) is 20.9. The van der Waals surface area contributed by atoms with Gasteiger partial charge in [0.2, 0.25) is 5.92 Å². The van der Waals surface area contributed by atoms with Gasteiger partial charge in [-0.2, -0.15) is 11.8 Å². The molecule has 0 radical (unpaired) electrons. The Bertz CT molecular complexity index is 1190. The van der Waals surface area contributed by atoms with Gasteiger partial charge in [0.1, 0.15) is 6.10 Å². The molecule has 1 heterocycles. The molecule has 5 atom stereocenters. The molecular weight excluding hydrogens is 637 g/mol. The first kappa shape index (κ1) is 40.7. The van der Waals surface area contributed by atoms with Crippen LogP contribution in [0.4, 0.5) is 8.78 Å². The van der Waals surface area contributed by atoms with E-state index in [9.17, 15) is 13.6 Å². The SMILES string of the molecule is CC(=O)OC1CCC2C3CCc4cc(B5OC(C)(C)C(C)(C)O5)ccc4C3CCC12C.CCCCCCCCCSCCCC(F)(F)CC. The van der Waals surface area contributed by atoms with Gasteiger partial charge in [-0.25, -0.2) is 8.78 Å². The van der Waals surface area contributed by atoms with E-state index in [1.807, 2.05) is 11.8 Å². The molecular formula is C41H67BF2O4S. The van der Waals surface area contributed by atoms with E-state index in [1.165, 1.54) is 75.3 Å². The quantitative estimate of drug-likeness (QED) is 0.103. The number of fused-ring (bicyclic) bond motifs is 5. The lowest BCUT2D eigenvalue weighted by molar-refractivity contribution is -0.154. The molecule has 0 aromatic heterocycles. The molecule has 1 aliphatic heterocycles. The maximum absolute atomic E-state index is 12.9. The van der Waals surface area contributed by atoms with Crippen LogP contribution >= 0.6 is 11.8 Å². The Hall–Kier alpha value is -1.12. The van der Waals surface area contributed by atoms with Crippen molar-refractivity contribution in [2.24, 2.45) is 17.3 Å². The zero-order valence-electron chi connectivity index (χ0n) is 32.1. The third-order valence-electron chi connectivity index (χ3n) is 12.7. The summed E-state index contributed by atoms with van der Waals surface area (Å²) in [7, 11) is -0.290. The maximum Gasteiger partial charge on any atom is 0.494 e. The highest BCUT2D eigenvalue weighted by Gasteiger charge is 2.56. The van der Waals surface area contributed by atoms with Crippen LogP contribution < -0.4 is 5.46 Å². The molecule has 3 aliphatic carbocycles. The summed E-state index contributed by atoms with van der Waals surface area (Å²) in [6, 6.07) is 6.93. The van der Waals surface area contributed by atoms with Gasteiger partial charge < -0.3 is 14.0 Å². The van der Waals surface area contributed by atoms with Gasteiger partial charge in [-0.3, -0.25) is 4.79 Å². The topological polar surface area (TPSA) is 44.8 Å². The Balaban J connectivity index is 0.000000259.